The van der Waals surface area contributed by atoms with Gasteiger partial charge in [-0.15, -0.1) is 0 Å². The van der Waals surface area contributed by atoms with Crippen molar-refractivity contribution in [3.63, 3.8) is 0 Å². The Morgan fingerprint density at radius 2 is 0.578 bits per heavy atom. The Balaban J connectivity index is 4.17. The van der Waals surface area contributed by atoms with Gasteiger partial charge >= 0.3 is 17.9 Å². The smallest absolute Gasteiger partial charge is 0.306 e. The lowest BCUT2D eigenvalue weighted by Crippen LogP contribution is -2.30. The van der Waals surface area contributed by atoms with Gasteiger partial charge in [0.15, 0.2) is 6.10 Å². The molecule has 0 saturated carbocycles. The Morgan fingerprint density at radius 3 is 0.922 bits per heavy atom. The van der Waals surface area contributed by atoms with E-state index in [0.29, 0.717) is 19.3 Å². The molecule has 0 saturated heterocycles. The van der Waals surface area contributed by atoms with Crippen LogP contribution in [0.5, 0.6) is 0 Å². The van der Waals surface area contributed by atoms with Crippen LogP contribution in [0.2, 0.25) is 0 Å². The van der Waals surface area contributed by atoms with Crippen molar-refractivity contribution >= 4 is 17.9 Å². The number of carbonyl (C=O) groups excluding carboxylic acids is 3. The molecule has 0 aromatic rings. The predicted molar refractivity (Wildman–Crippen MR) is 275 cm³/mol. The van der Waals surface area contributed by atoms with E-state index in [4.69, 9.17) is 14.2 Å². The summed E-state index contributed by atoms with van der Waals surface area (Å²) in [4.78, 5) is 37.8. The fourth-order valence-electron chi connectivity index (χ4n) is 7.58. The first-order valence-electron chi connectivity index (χ1n) is 27.3. The van der Waals surface area contributed by atoms with Crippen molar-refractivity contribution in [1.29, 1.82) is 0 Å². The largest absolute Gasteiger partial charge is 0.462 e. The molecule has 0 radical (unpaired) electrons. The summed E-state index contributed by atoms with van der Waals surface area (Å²) in [5.74, 6) is -0.900. The summed E-state index contributed by atoms with van der Waals surface area (Å²) in [6.45, 7) is 6.54. The van der Waals surface area contributed by atoms with Crippen LogP contribution in [0, 0.1) is 0 Å². The molecule has 0 aromatic heterocycles. The second-order valence-electron chi connectivity index (χ2n) is 18.1. The molecule has 0 rings (SSSR count). The maximum absolute atomic E-state index is 12.8. The maximum Gasteiger partial charge on any atom is 0.306 e. The van der Waals surface area contributed by atoms with Gasteiger partial charge in [-0.25, -0.2) is 0 Å². The molecule has 6 nitrogen and oxygen atoms in total. The minimum atomic E-state index is -0.779. The number of hydrogen-bond acceptors (Lipinski definition) is 6. The number of ether oxygens (including phenoxy) is 3. The van der Waals surface area contributed by atoms with E-state index in [9.17, 15) is 14.4 Å². The van der Waals surface area contributed by atoms with Crippen molar-refractivity contribution in [2.75, 3.05) is 13.2 Å². The molecule has 0 fully saturated rings. The van der Waals surface area contributed by atoms with Crippen LogP contribution in [-0.2, 0) is 28.6 Å². The first kappa shape index (κ1) is 61.1. The Morgan fingerprint density at radius 1 is 0.312 bits per heavy atom. The van der Waals surface area contributed by atoms with Gasteiger partial charge in [-0.3, -0.25) is 14.4 Å². The van der Waals surface area contributed by atoms with E-state index in [-0.39, 0.29) is 31.1 Å². The van der Waals surface area contributed by atoms with Crippen LogP contribution in [0.25, 0.3) is 0 Å². The molecule has 0 aliphatic heterocycles. The molecule has 1 atom stereocenters. The second-order valence-corrected chi connectivity index (χ2v) is 18.1. The normalized spacial score (nSPS) is 12.5. The lowest BCUT2D eigenvalue weighted by atomic mass is 10.1. The summed E-state index contributed by atoms with van der Waals surface area (Å²) in [7, 11) is 0. The third kappa shape index (κ3) is 50.1. The van der Waals surface area contributed by atoms with Crippen molar-refractivity contribution in [3.05, 3.63) is 60.8 Å². The molecule has 0 aromatic carbocycles. The van der Waals surface area contributed by atoms with Crippen molar-refractivity contribution in [1.82, 2.24) is 0 Å². The summed E-state index contributed by atoms with van der Waals surface area (Å²) >= 11 is 0. The highest BCUT2D eigenvalue weighted by Crippen LogP contribution is 2.15. The summed E-state index contributed by atoms with van der Waals surface area (Å²) < 4.78 is 16.7. The zero-order chi connectivity index (χ0) is 46.5. The van der Waals surface area contributed by atoms with Gasteiger partial charge in [-0.05, 0) is 83.5 Å². The van der Waals surface area contributed by atoms with E-state index >= 15 is 0 Å². The van der Waals surface area contributed by atoms with Gasteiger partial charge in [0.05, 0.1) is 0 Å². The summed E-state index contributed by atoms with van der Waals surface area (Å²) in [5.41, 5.74) is 0. The number of unbranched alkanes of at least 4 members (excludes halogenated alkanes) is 28. The summed E-state index contributed by atoms with van der Waals surface area (Å²) in [5, 5.41) is 0. The summed E-state index contributed by atoms with van der Waals surface area (Å²) in [6, 6.07) is 0. The molecular formula is C58H102O6. The van der Waals surface area contributed by atoms with Gasteiger partial charge in [-0.2, -0.15) is 0 Å². The third-order valence-electron chi connectivity index (χ3n) is 11.7. The van der Waals surface area contributed by atoms with E-state index < -0.39 is 6.10 Å². The van der Waals surface area contributed by atoms with Gasteiger partial charge in [0.1, 0.15) is 13.2 Å². The fourth-order valence-corrected chi connectivity index (χ4v) is 7.58. The zero-order valence-electron chi connectivity index (χ0n) is 42.3. The molecule has 0 heterocycles. The average molecular weight is 895 g/mol. The van der Waals surface area contributed by atoms with Crippen LogP contribution in [-0.4, -0.2) is 37.2 Å². The Kier molecular flexibility index (Phi) is 50.4. The van der Waals surface area contributed by atoms with Crippen molar-refractivity contribution in [2.24, 2.45) is 0 Å². The van der Waals surface area contributed by atoms with E-state index in [2.05, 4.69) is 81.5 Å². The van der Waals surface area contributed by atoms with E-state index in [1.165, 1.54) is 135 Å². The Labute approximate surface area is 396 Å². The van der Waals surface area contributed by atoms with Gasteiger partial charge in [0, 0.05) is 19.3 Å². The van der Waals surface area contributed by atoms with E-state index in [1.54, 1.807) is 0 Å². The number of rotatable bonds is 49. The lowest BCUT2D eigenvalue weighted by Gasteiger charge is -2.18. The minimum Gasteiger partial charge on any atom is -0.462 e. The highest BCUT2D eigenvalue weighted by atomic mass is 16.6. The number of esters is 3. The zero-order valence-corrected chi connectivity index (χ0v) is 42.3. The van der Waals surface area contributed by atoms with E-state index in [0.717, 1.165) is 96.3 Å². The molecule has 0 aliphatic rings. The number of allylic oxidation sites excluding steroid dienone is 10. The SMILES string of the molecule is CCCC/C=C\C/C=C\CCCCCCCC(=O)OC(COC(=O)CCCCCCCCC)COC(=O)CCCCCCCCCCCC/C=C\C/C=C\C/C=C\CCCCCCC. The first-order valence-corrected chi connectivity index (χ1v) is 27.3. The lowest BCUT2D eigenvalue weighted by molar-refractivity contribution is -0.167. The number of carbonyl (C=O) groups is 3. The van der Waals surface area contributed by atoms with Crippen LogP contribution in [0.4, 0.5) is 0 Å². The maximum atomic E-state index is 12.8. The van der Waals surface area contributed by atoms with Crippen molar-refractivity contribution in [3.8, 4) is 0 Å². The summed E-state index contributed by atoms with van der Waals surface area (Å²) in [6.07, 6.45) is 65.1. The van der Waals surface area contributed by atoms with Gasteiger partial charge in [0.2, 0.25) is 0 Å². The Bertz CT molecular complexity index is 1170. The van der Waals surface area contributed by atoms with Gasteiger partial charge < -0.3 is 14.2 Å². The minimum absolute atomic E-state index is 0.0803. The molecule has 0 amide bonds. The van der Waals surface area contributed by atoms with Crippen molar-refractivity contribution in [2.45, 2.75) is 277 Å². The highest BCUT2D eigenvalue weighted by Gasteiger charge is 2.19. The van der Waals surface area contributed by atoms with Crippen LogP contribution < -0.4 is 0 Å². The van der Waals surface area contributed by atoms with Crippen LogP contribution in [0.1, 0.15) is 271 Å². The molecule has 1 unspecified atom stereocenters. The number of hydrogen-bond donors (Lipinski definition) is 0. The Hall–Kier alpha value is -2.89. The standard InChI is InChI=1S/C58H102O6/c1-4-7-10-13-16-18-20-22-24-25-26-27-28-29-30-31-32-33-34-36-37-39-42-45-48-51-57(60)63-54-55(53-62-56(59)50-47-44-41-15-12-9-6-3)64-58(61)52-49-46-43-40-38-35-23-21-19-17-14-11-8-5-2/h14,17,20-23,25-26,28-29,55H,4-13,15-16,18-19,24,27,30-54H2,1-3H3/b17-14-,22-20-,23-21-,26-25-,29-28-. The monoisotopic (exact) mass is 895 g/mol. The average Bonchev–Trinajstić information content (AvgIpc) is 3.29. The molecule has 370 valence electrons. The second kappa shape index (κ2) is 52.7. The molecular weight excluding hydrogens is 793 g/mol. The quantitative estimate of drug-likeness (QED) is 0.0262. The molecule has 6 heteroatoms. The highest BCUT2D eigenvalue weighted by molar-refractivity contribution is 5.71. The molecule has 64 heavy (non-hydrogen) atoms. The predicted octanol–water partition coefficient (Wildman–Crippen LogP) is 18.0. The molecule has 0 spiro atoms. The third-order valence-corrected chi connectivity index (χ3v) is 11.7. The van der Waals surface area contributed by atoms with Crippen molar-refractivity contribution < 1.29 is 28.6 Å². The molecule has 0 aliphatic carbocycles. The fraction of sp³-hybridized carbons (Fsp3) is 0.776. The van der Waals surface area contributed by atoms with Crippen LogP contribution in [0.15, 0.2) is 60.8 Å². The van der Waals surface area contributed by atoms with Crippen LogP contribution >= 0.6 is 0 Å². The van der Waals surface area contributed by atoms with E-state index in [1.807, 2.05) is 0 Å². The van der Waals surface area contributed by atoms with Gasteiger partial charge in [0.25, 0.3) is 0 Å². The van der Waals surface area contributed by atoms with Crippen LogP contribution in [0.3, 0.4) is 0 Å². The first-order chi connectivity index (χ1) is 31.5. The molecule has 0 bridgehead atoms. The van der Waals surface area contributed by atoms with Gasteiger partial charge in [-0.1, -0.05) is 229 Å². The topological polar surface area (TPSA) is 78.9 Å². The molecule has 0 N–H and O–H groups in total.